The van der Waals surface area contributed by atoms with Crippen molar-refractivity contribution in [1.29, 1.82) is 0 Å². The summed E-state index contributed by atoms with van der Waals surface area (Å²) >= 11 is 0. The van der Waals surface area contributed by atoms with Gasteiger partial charge in [0.1, 0.15) is 0 Å². The molecule has 0 spiro atoms. The fraction of sp³-hybridized carbons (Fsp3) is 1.00. The molecule has 0 aromatic heterocycles. The van der Waals surface area contributed by atoms with Gasteiger partial charge in [-0.3, -0.25) is 0 Å². The molecule has 0 rings (SSSR count). The maximum atomic E-state index is 2.33. The van der Waals surface area contributed by atoms with Gasteiger partial charge in [0.25, 0.3) is 0 Å². The monoisotopic (exact) mass is 551 g/mol. The zero-order valence-electron chi connectivity index (χ0n) is 19.7. The first-order chi connectivity index (χ1) is 11.4. The van der Waals surface area contributed by atoms with Gasteiger partial charge in [0, 0.05) is 26.2 Å². The molecule has 0 aromatic rings. The van der Waals surface area contributed by atoms with Gasteiger partial charge in [-0.1, -0.05) is 139 Å². The second kappa shape index (κ2) is 29.6. The van der Waals surface area contributed by atoms with Crippen molar-refractivity contribution < 1.29 is 0 Å². The Morgan fingerprint density at radius 3 is 0.760 bits per heavy atom. The van der Waals surface area contributed by atoms with E-state index in [0.29, 0.717) is 0 Å². The minimum absolute atomic E-state index is 0. The van der Waals surface area contributed by atoms with Gasteiger partial charge in [-0.15, -0.1) is 0 Å². The number of hydrogen-bond acceptors (Lipinski definition) is 0. The molecule has 0 saturated carbocycles. The van der Waals surface area contributed by atoms with Gasteiger partial charge in [-0.05, 0) is 17.8 Å². The first-order valence-corrected chi connectivity index (χ1v) is 11.4. The molecule has 0 aliphatic heterocycles. The van der Waals surface area contributed by atoms with Crippen LogP contribution >= 0.6 is 0 Å². The Morgan fingerprint density at radius 1 is 0.440 bits per heavy atom. The standard InChI is InChI=1S/3C8H18.Bi/c3*1-4-6-7-8(3)5-2;/h3*8H,4-7H2,1-3H3;. The molecule has 155 valence electrons. The summed E-state index contributed by atoms with van der Waals surface area (Å²) < 4.78 is 0. The van der Waals surface area contributed by atoms with E-state index in [4.69, 9.17) is 0 Å². The van der Waals surface area contributed by atoms with Crippen molar-refractivity contribution in [2.75, 3.05) is 0 Å². The van der Waals surface area contributed by atoms with E-state index in [0.717, 1.165) is 17.8 Å². The minimum atomic E-state index is 0. The molecule has 0 N–H and O–H groups in total. The Hall–Kier alpha value is 0.883. The van der Waals surface area contributed by atoms with E-state index in [2.05, 4.69) is 62.3 Å². The molecule has 0 heterocycles. The number of unbranched alkanes of at least 4 members (excludes halogenated alkanes) is 3. The van der Waals surface area contributed by atoms with E-state index in [9.17, 15) is 0 Å². The molecule has 0 aliphatic rings. The van der Waals surface area contributed by atoms with Crippen molar-refractivity contribution in [3.05, 3.63) is 0 Å². The SMILES string of the molecule is CCCCC(C)CC.CCCCC(C)CC.CCCCC(C)CC.[Bi]. The van der Waals surface area contributed by atoms with Crippen LogP contribution in [0.2, 0.25) is 0 Å². The summed E-state index contributed by atoms with van der Waals surface area (Å²) in [5.74, 6) is 2.86. The Balaban J connectivity index is -0.000000130. The third kappa shape index (κ3) is 36.5. The van der Waals surface area contributed by atoms with Gasteiger partial charge in [-0.2, -0.15) is 0 Å². The van der Waals surface area contributed by atoms with Crippen LogP contribution in [0.3, 0.4) is 0 Å². The third-order valence-electron chi connectivity index (χ3n) is 5.24. The summed E-state index contributed by atoms with van der Waals surface area (Å²) in [6.45, 7) is 20.5. The molecular weight excluding hydrogens is 497 g/mol. The largest absolute Gasteiger partial charge is 0.0654 e. The Morgan fingerprint density at radius 2 is 0.640 bits per heavy atom. The van der Waals surface area contributed by atoms with Crippen LogP contribution in [0, 0.1) is 17.8 Å². The van der Waals surface area contributed by atoms with Gasteiger partial charge in [0.2, 0.25) is 0 Å². The van der Waals surface area contributed by atoms with E-state index >= 15 is 0 Å². The number of hydrogen-bond donors (Lipinski definition) is 0. The molecule has 0 aromatic carbocycles. The average molecular weight is 552 g/mol. The Labute approximate surface area is 182 Å². The van der Waals surface area contributed by atoms with Crippen LogP contribution in [0.5, 0.6) is 0 Å². The smallest absolute Gasteiger partial charge is 0 e. The predicted octanol–water partition coefficient (Wildman–Crippen LogP) is 9.29. The first kappa shape index (κ1) is 33.5. The van der Waals surface area contributed by atoms with Crippen molar-refractivity contribution in [3.63, 3.8) is 0 Å². The zero-order valence-corrected chi connectivity index (χ0v) is 23.1. The molecule has 0 nitrogen and oxygen atoms in total. The summed E-state index contributed by atoms with van der Waals surface area (Å²) in [4.78, 5) is 0. The van der Waals surface area contributed by atoms with Crippen LogP contribution in [0.25, 0.3) is 0 Å². The van der Waals surface area contributed by atoms with Gasteiger partial charge in [0.15, 0.2) is 0 Å². The van der Waals surface area contributed by atoms with E-state index in [1.54, 1.807) is 0 Å². The molecule has 1 heteroatoms. The Kier molecular flexibility index (Phi) is 39.7. The Bertz CT molecular complexity index is 157. The second-order valence-electron chi connectivity index (χ2n) is 7.97. The van der Waals surface area contributed by atoms with Crippen LogP contribution < -0.4 is 0 Å². The fourth-order valence-corrected chi connectivity index (χ4v) is 2.27. The van der Waals surface area contributed by atoms with Crippen LogP contribution in [0.1, 0.15) is 139 Å². The van der Waals surface area contributed by atoms with Crippen molar-refractivity contribution >= 4 is 26.2 Å². The molecule has 0 bridgehead atoms. The van der Waals surface area contributed by atoms with Crippen molar-refractivity contribution in [1.82, 2.24) is 0 Å². The van der Waals surface area contributed by atoms with E-state index < -0.39 is 0 Å². The van der Waals surface area contributed by atoms with Gasteiger partial charge >= 0.3 is 0 Å². The summed E-state index contributed by atoms with van der Waals surface area (Å²) in [5.41, 5.74) is 0. The second-order valence-corrected chi connectivity index (χ2v) is 7.97. The predicted molar refractivity (Wildman–Crippen MR) is 123 cm³/mol. The molecule has 3 atom stereocenters. The maximum absolute atomic E-state index is 2.33. The van der Waals surface area contributed by atoms with Gasteiger partial charge in [0.05, 0.1) is 0 Å². The van der Waals surface area contributed by atoms with Crippen LogP contribution in [-0.4, -0.2) is 26.2 Å². The third-order valence-corrected chi connectivity index (χ3v) is 5.24. The topological polar surface area (TPSA) is 0 Å². The van der Waals surface area contributed by atoms with Crippen LogP contribution in [0.15, 0.2) is 0 Å². The average Bonchev–Trinajstić information content (AvgIpc) is 2.62. The van der Waals surface area contributed by atoms with E-state index in [-0.39, 0.29) is 26.2 Å². The quantitative estimate of drug-likeness (QED) is 0.212. The summed E-state index contributed by atoms with van der Waals surface area (Å²) in [5, 5.41) is 0. The number of rotatable bonds is 12. The van der Waals surface area contributed by atoms with Crippen LogP contribution in [-0.2, 0) is 0 Å². The molecular formula is C24H54Bi. The molecule has 3 radical (unpaired) electrons. The maximum Gasteiger partial charge on any atom is 0 e. The van der Waals surface area contributed by atoms with Gasteiger partial charge < -0.3 is 0 Å². The summed E-state index contributed by atoms with van der Waals surface area (Å²) in [6, 6.07) is 0. The zero-order chi connectivity index (χ0) is 19.2. The molecule has 25 heavy (non-hydrogen) atoms. The van der Waals surface area contributed by atoms with E-state index in [1.807, 2.05) is 0 Å². The van der Waals surface area contributed by atoms with E-state index in [1.165, 1.54) is 77.0 Å². The molecule has 3 unspecified atom stereocenters. The molecule has 0 amide bonds. The normalized spacial score (nSPS) is 13.3. The van der Waals surface area contributed by atoms with Crippen molar-refractivity contribution in [3.8, 4) is 0 Å². The molecule has 0 fully saturated rings. The minimum Gasteiger partial charge on any atom is -0.0654 e. The molecule has 0 saturated heterocycles. The first-order valence-electron chi connectivity index (χ1n) is 11.4. The molecule has 0 aliphatic carbocycles. The van der Waals surface area contributed by atoms with Crippen molar-refractivity contribution in [2.45, 2.75) is 139 Å². The van der Waals surface area contributed by atoms with Crippen LogP contribution in [0.4, 0.5) is 0 Å². The summed E-state index contributed by atoms with van der Waals surface area (Å²) in [6.07, 6.45) is 16.6. The van der Waals surface area contributed by atoms with Gasteiger partial charge in [-0.25, -0.2) is 0 Å². The summed E-state index contributed by atoms with van der Waals surface area (Å²) in [7, 11) is 0. The van der Waals surface area contributed by atoms with Crippen molar-refractivity contribution in [2.24, 2.45) is 17.8 Å². The fourth-order valence-electron chi connectivity index (χ4n) is 2.27.